The minimum Gasteiger partial charge on any atom is -0.396 e. The third-order valence-corrected chi connectivity index (χ3v) is 3.10. The van der Waals surface area contributed by atoms with Crippen molar-refractivity contribution in [2.24, 2.45) is 5.41 Å². The molecular weight excluding hydrogens is 239 g/mol. The third kappa shape index (κ3) is 3.40. The zero-order valence-corrected chi connectivity index (χ0v) is 10.4. The molecule has 1 rings (SSSR count). The highest BCUT2D eigenvalue weighted by Gasteiger charge is 2.21. The van der Waals surface area contributed by atoms with Gasteiger partial charge in [-0.15, -0.1) is 0 Å². The normalized spacial score (nSPS) is 14.0. The summed E-state index contributed by atoms with van der Waals surface area (Å²) in [4.78, 5) is 10.0. The number of halogens is 1. The monoisotopic (exact) mass is 256 g/mol. The first-order valence-electron chi connectivity index (χ1n) is 5.70. The minimum atomic E-state index is -0.574. The van der Waals surface area contributed by atoms with Gasteiger partial charge in [0.05, 0.1) is 17.2 Å². The SMILES string of the molecule is CCC(C)(CO)CNc1cc([N+](=O)[O-])ccc1F. The fourth-order valence-electron chi connectivity index (χ4n) is 1.36. The van der Waals surface area contributed by atoms with E-state index in [0.29, 0.717) is 13.0 Å². The summed E-state index contributed by atoms with van der Waals surface area (Å²) in [5, 5.41) is 22.6. The predicted octanol–water partition coefficient (Wildman–Crippen LogP) is 2.55. The van der Waals surface area contributed by atoms with Crippen molar-refractivity contribution in [3.05, 3.63) is 34.1 Å². The Balaban J connectivity index is 2.84. The topological polar surface area (TPSA) is 75.4 Å². The molecule has 0 aromatic heterocycles. The van der Waals surface area contributed by atoms with Gasteiger partial charge in [0.15, 0.2) is 0 Å². The van der Waals surface area contributed by atoms with Gasteiger partial charge in [-0.25, -0.2) is 4.39 Å². The molecule has 0 amide bonds. The summed E-state index contributed by atoms with van der Waals surface area (Å²) >= 11 is 0. The van der Waals surface area contributed by atoms with E-state index in [0.717, 1.165) is 18.2 Å². The summed E-state index contributed by atoms with van der Waals surface area (Å²) in [6, 6.07) is 3.33. The average molecular weight is 256 g/mol. The molecule has 0 bridgehead atoms. The molecule has 18 heavy (non-hydrogen) atoms. The van der Waals surface area contributed by atoms with Gasteiger partial charge in [-0.05, 0) is 12.5 Å². The number of anilines is 1. The molecule has 0 radical (unpaired) electrons. The highest BCUT2D eigenvalue weighted by molar-refractivity contribution is 5.52. The zero-order valence-electron chi connectivity index (χ0n) is 10.4. The maximum absolute atomic E-state index is 13.5. The molecule has 100 valence electrons. The van der Waals surface area contributed by atoms with Crippen molar-refractivity contribution in [1.29, 1.82) is 0 Å². The number of rotatable bonds is 6. The standard InChI is InChI=1S/C12H17FN2O3/c1-3-12(2,8-16)7-14-11-6-9(15(17)18)4-5-10(11)13/h4-6,14,16H,3,7-8H2,1-2H3. The molecule has 0 spiro atoms. The lowest BCUT2D eigenvalue weighted by Crippen LogP contribution is -2.29. The number of aliphatic hydroxyl groups excluding tert-OH is 1. The van der Waals surface area contributed by atoms with Crippen molar-refractivity contribution in [2.45, 2.75) is 20.3 Å². The van der Waals surface area contributed by atoms with Crippen LogP contribution in [-0.2, 0) is 0 Å². The Labute approximate surface area is 105 Å². The lowest BCUT2D eigenvalue weighted by atomic mass is 9.88. The van der Waals surface area contributed by atoms with Gasteiger partial charge in [-0.1, -0.05) is 13.8 Å². The average Bonchev–Trinajstić information content (AvgIpc) is 2.37. The highest BCUT2D eigenvalue weighted by atomic mass is 19.1. The molecule has 1 aromatic carbocycles. The summed E-state index contributed by atoms with van der Waals surface area (Å²) in [5.74, 6) is -0.544. The molecule has 1 atom stereocenters. The predicted molar refractivity (Wildman–Crippen MR) is 67.0 cm³/mol. The third-order valence-electron chi connectivity index (χ3n) is 3.10. The first kappa shape index (κ1) is 14.4. The van der Waals surface area contributed by atoms with E-state index in [1.807, 2.05) is 13.8 Å². The number of benzene rings is 1. The molecule has 1 aromatic rings. The van der Waals surface area contributed by atoms with E-state index in [1.54, 1.807) is 0 Å². The van der Waals surface area contributed by atoms with Crippen molar-refractivity contribution in [3.63, 3.8) is 0 Å². The second kappa shape index (κ2) is 5.77. The van der Waals surface area contributed by atoms with E-state index in [4.69, 9.17) is 0 Å². The molecule has 6 heteroatoms. The lowest BCUT2D eigenvalue weighted by Gasteiger charge is -2.26. The highest BCUT2D eigenvalue weighted by Crippen LogP contribution is 2.25. The Morgan fingerprint density at radius 1 is 1.56 bits per heavy atom. The number of nitro groups is 1. The molecule has 0 heterocycles. The lowest BCUT2D eigenvalue weighted by molar-refractivity contribution is -0.384. The number of aliphatic hydroxyl groups is 1. The number of nitro benzene ring substituents is 1. The zero-order chi connectivity index (χ0) is 13.8. The van der Waals surface area contributed by atoms with Gasteiger partial charge >= 0.3 is 0 Å². The van der Waals surface area contributed by atoms with E-state index in [1.165, 1.54) is 0 Å². The van der Waals surface area contributed by atoms with Gasteiger partial charge < -0.3 is 10.4 Å². The number of hydrogen-bond acceptors (Lipinski definition) is 4. The molecule has 5 nitrogen and oxygen atoms in total. The van der Waals surface area contributed by atoms with Gasteiger partial charge in [0.1, 0.15) is 5.82 Å². The van der Waals surface area contributed by atoms with E-state index in [9.17, 15) is 19.6 Å². The first-order chi connectivity index (χ1) is 8.41. The van der Waals surface area contributed by atoms with Crippen molar-refractivity contribution >= 4 is 11.4 Å². The summed E-state index contributed by atoms with van der Waals surface area (Å²) in [5.41, 5.74) is -0.463. The van der Waals surface area contributed by atoms with Crippen LogP contribution >= 0.6 is 0 Å². The Kier molecular flexibility index (Phi) is 4.61. The number of hydrogen-bond donors (Lipinski definition) is 2. The summed E-state index contributed by atoms with van der Waals surface area (Å²) in [6.45, 7) is 4.09. The van der Waals surface area contributed by atoms with Crippen LogP contribution in [0.4, 0.5) is 15.8 Å². The van der Waals surface area contributed by atoms with Gasteiger partial charge in [0, 0.05) is 24.1 Å². The maximum Gasteiger partial charge on any atom is 0.271 e. The van der Waals surface area contributed by atoms with Crippen LogP contribution in [-0.4, -0.2) is 23.2 Å². The van der Waals surface area contributed by atoms with Crippen LogP contribution in [0.2, 0.25) is 0 Å². The Hall–Kier alpha value is -1.69. The molecule has 0 saturated carbocycles. The fraction of sp³-hybridized carbons (Fsp3) is 0.500. The molecule has 0 aliphatic heterocycles. The van der Waals surface area contributed by atoms with E-state index in [2.05, 4.69) is 5.32 Å². The second-order valence-electron chi connectivity index (χ2n) is 4.60. The van der Waals surface area contributed by atoms with Crippen LogP contribution in [0.15, 0.2) is 18.2 Å². The molecule has 0 aliphatic rings. The Morgan fingerprint density at radius 3 is 2.72 bits per heavy atom. The minimum absolute atomic E-state index is 0.0347. The largest absolute Gasteiger partial charge is 0.396 e. The molecule has 2 N–H and O–H groups in total. The van der Waals surface area contributed by atoms with Gasteiger partial charge in [0.2, 0.25) is 0 Å². The van der Waals surface area contributed by atoms with E-state index in [-0.39, 0.29) is 23.4 Å². The number of nitrogens with one attached hydrogen (secondary N) is 1. The first-order valence-corrected chi connectivity index (χ1v) is 5.70. The number of nitrogens with zero attached hydrogens (tertiary/aromatic N) is 1. The van der Waals surface area contributed by atoms with Crippen molar-refractivity contribution in [3.8, 4) is 0 Å². The summed E-state index contributed by atoms with van der Waals surface area (Å²) in [6.07, 6.45) is 0.715. The quantitative estimate of drug-likeness (QED) is 0.606. The molecular formula is C12H17FN2O3. The maximum atomic E-state index is 13.5. The van der Waals surface area contributed by atoms with Crippen LogP contribution in [0, 0.1) is 21.3 Å². The molecule has 1 unspecified atom stereocenters. The van der Waals surface area contributed by atoms with E-state index < -0.39 is 10.7 Å². The molecule has 0 fully saturated rings. The van der Waals surface area contributed by atoms with Crippen LogP contribution < -0.4 is 5.32 Å². The second-order valence-corrected chi connectivity index (χ2v) is 4.60. The van der Waals surface area contributed by atoms with Crippen LogP contribution in [0.1, 0.15) is 20.3 Å². The Bertz CT molecular complexity index is 433. The van der Waals surface area contributed by atoms with Crippen LogP contribution in [0.25, 0.3) is 0 Å². The van der Waals surface area contributed by atoms with Crippen LogP contribution in [0.3, 0.4) is 0 Å². The fourth-order valence-corrected chi connectivity index (χ4v) is 1.36. The van der Waals surface area contributed by atoms with Crippen molar-refractivity contribution < 1.29 is 14.4 Å². The van der Waals surface area contributed by atoms with Crippen molar-refractivity contribution in [2.75, 3.05) is 18.5 Å². The molecule has 0 saturated heterocycles. The van der Waals surface area contributed by atoms with Gasteiger partial charge in [-0.2, -0.15) is 0 Å². The Morgan fingerprint density at radius 2 is 2.22 bits per heavy atom. The van der Waals surface area contributed by atoms with E-state index >= 15 is 0 Å². The summed E-state index contributed by atoms with van der Waals surface area (Å²) < 4.78 is 13.5. The molecule has 0 aliphatic carbocycles. The van der Waals surface area contributed by atoms with Gasteiger partial charge in [-0.3, -0.25) is 10.1 Å². The number of non-ortho nitro benzene ring substituents is 1. The van der Waals surface area contributed by atoms with Crippen molar-refractivity contribution in [1.82, 2.24) is 0 Å². The van der Waals surface area contributed by atoms with Gasteiger partial charge in [0.25, 0.3) is 5.69 Å². The van der Waals surface area contributed by atoms with Crippen LogP contribution in [0.5, 0.6) is 0 Å². The summed E-state index contributed by atoms with van der Waals surface area (Å²) in [7, 11) is 0. The smallest absolute Gasteiger partial charge is 0.271 e.